The van der Waals surface area contributed by atoms with Crippen LogP contribution in [0, 0.1) is 0 Å². The Bertz CT molecular complexity index is 1440. The molecule has 35 heavy (non-hydrogen) atoms. The second-order valence-corrected chi connectivity index (χ2v) is 10.7. The minimum Gasteiger partial charge on any atom is -0.324 e. The van der Waals surface area contributed by atoms with Gasteiger partial charge in [0.05, 0.1) is 15.9 Å². The van der Waals surface area contributed by atoms with Crippen LogP contribution in [0.4, 0.5) is 5.69 Å². The number of amides is 1. The highest BCUT2D eigenvalue weighted by Gasteiger charge is 2.26. The van der Waals surface area contributed by atoms with Crippen LogP contribution in [0.2, 0.25) is 0 Å². The van der Waals surface area contributed by atoms with Crippen molar-refractivity contribution in [3.05, 3.63) is 90.3 Å². The lowest BCUT2D eigenvalue weighted by Crippen LogP contribution is -2.35. The van der Waals surface area contributed by atoms with Crippen molar-refractivity contribution in [3.8, 4) is 0 Å². The number of benzene rings is 3. The van der Waals surface area contributed by atoms with Crippen LogP contribution in [0.3, 0.4) is 0 Å². The number of aromatic nitrogens is 2. The molecule has 5 rings (SSSR count). The number of carbonyl (C=O) groups excluding carboxylic acids is 1. The fraction of sp³-hybridized carbons (Fsp3) is 0.259. The van der Waals surface area contributed by atoms with Crippen molar-refractivity contribution in [3.63, 3.8) is 0 Å². The number of anilines is 1. The fourth-order valence-electron chi connectivity index (χ4n) is 4.55. The zero-order valence-electron chi connectivity index (χ0n) is 19.4. The summed E-state index contributed by atoms with van der Waals surface area (Å²) >= 11 is 0. The third-order valence-electron chi connectivity index (χ3n) is 6.31. The number of hydrogen-bond donors (Lipinski definition) is 1. The highest BCUT2D eigenvalue weighted by molar-refractivity contribution is 7.89. The lowest BCUT2D eigenvalue weighted by atomic mass is 10.1. The molecule has 0 atom stereocenters. The zero-order valence-corrected chi connectivity index (χ0v) is 20.2. The number of fused-ring (bicyclic) bond motifs is 1. The van der Waals surface area contributed by atoms with E-state index in [1.165, 1.54) is 4.31 Å². The number of rotatable bonds is 7. The van der Waals surface area contributed by atoms with E-state index in [1.807, 2.05) is 59.2 Å². The summed E-state index contributed by atoms with van der Waals surface area (Å²) in [5.74, 6) is 0.559. The highest BCUT2D eigenvalue weighted by Crippen LogP contribution is 2.23. The topological polar surface area (TPSA) is 84.3 Å². The van der Waals surface area contributed by atoms with Crippen LogP contribution in [-0.2, 0) is 27.8 Å². The van der Waals surface area contributed by atoms with Crippen molar-refractivity contribution < 1.29 is 13.2 Å². The Labute approximate surface area is 205 Å². The van der Waals surface area contributed by atoms with Crippen LogP contribution in [0.1, 0.15) is 30.7 Å². The zero-order chi connectivity index (χ0) is 24.3. The third kappa shape index (κ3) is 5.13. The molecule has 1 amide bonds. The molecular formula is C27H28N4O3S. The average molecular weight is 489 g/mol. The van der Waals surface area contributed by atoms with Gasteiger partial charge < -0.3 is 9.88 Å². The van der Waals surface area contributed by atoms with E-state index in [9.17, 15) is 13.2 Å². The normalized spacial score (nSPS) is 14.7. The number of imidazole rings is 1. The second kappa shape index (κ2) is 10.0. The van der Waals surface area contributed by atoms with Gasteiger partial charge in [-0.3, -0.25) is 4.79 Å². The largest absolute Gasteiger partial charge is 0.324 e. The molecule has 1 saturated heterocycles. The molecule has 0 spiro atoms. The van der Waals surface area contributed by atoms with Crippen LogP contribution < -0.4 is 5.32 Å². The standard InChI is InChI=1S/C27H28N4O3S/c32-27(28-22-12-9-13-23(19-22)35(33,34)30-16-7-2-8-17-30)20-31-25-15-6-5-14-24(25)29-26(31)18-21-10-3-1-4-11-21/h1,3-6,9-15,19H,2,7-8,16-18,20H2,(H,28,32). The van der Waals surface area contributed by atoms with Gasteiger partial charge in [-0.1, -0.05) is 55.0 Å². The number of nitrogens with zero attached hydrogens (tertiary/aromatic N) is 3. The molecule has 8 heteroatoms. The van der Waals surface area contributed by atoms with Crippen LogP contribution in [-0.4, -0.2) is 41.3 Å². The van der Waals surface area contributed by atoms with Crippen LogP contribution in [0.5, 0.6) is 0 Å². The Hall–Kier alpha value is -3.49. The number of sulfonamides is 1. The Kier molecular flexibility index (Phi) is 6.66. The molecule has 0 unspecified atom stereocenters. The summed E-state index contributed by atoms with van der Waals surface area (Å²) in [4.78, 5) is 18.0. The van der Waals surface area contributed by atoms with Crippen LogP contribution >= 0.6 is 0 Å². The molecule has 4 aromatic rings. The highest BCUT2D eigenvalue weighted by atomic mass is 32.2. The number of carbonyl (C=O) groups is 1. The summed E-state index contributed by atoms with van der Waals surface area (Å²) in [5, 5.41) is 2.88. The molecule has 3 aromatic carbocycles. The van der Waals surface area contributed by atoms with Crippen molar-refractivity contribution in [2.45, 2.75) is 37.1 Å². The molecule has 0 saturated carbocycles. The predicted octanol–water partition coefficient (Wildman–Crippen LogP) is 4.44. The monoisotopic (exact) mass is 488 g/mol. The van der Waals surface area contributed by atoms with Gasteiger partial charge in [0.1, 0.15) is 12.4 Å². The van der Waals surface area contributed by atoms with E-state index >= 15 is 0 Å². The molecule has 1 aliphatic heterocycles. The maximum absolute atomic E-state index is 13.1. The van der Waals surface area contributed by atoms with E-state index < -0.39 is 10.0 Å². The molecule has 0 radical (unpaired) electrons. The minimum atomic E-state index is -3.57. The van der Waals surface area contributed by atoms with Crippen molar-refractivity contribution in [1.29, 1.82) is 0 Å². The van der Waals surface area contributed by atoms with Gasteiger partial charge in [0, 0.05) is 25.2 Å². The molecule has 0 aliphatic carbocycles. The smallest absolute Gasteiger partial charge is 0.244 e. The lowest BCUT2D eigenvalue weighted by Gasteiger charge is -2.26. The molecule has 1 aliphatic rings. The third-order valence-corrected chi connectivity index (χ3v) is 8.21. The molecule has 1 aromatic heterocycles. The van der Waals surface area contributed by atoms with Gasteiger partial charge in [0.15, 0.2) is 0 Å². The van der Waals surface area contributed by atoms with Crippen molar-refractivity contribution in [1.82, 2.24) is 13.9 Å². The Morgan fingerprint density at radius 3 is 2.43 bits per heavy atom. The van der Waals surface area contributed by atoms with E-state index in [4.69, 9.17) is 4.98 Å². The number of para-hydroxylation sites is 2. The Balaban J connectivity index is 1.37. The minimum absolute atomic E-state index is 0.0752. The molecule has 1 N–H and O–H groups in total. The summed E-state index contributed by atoms with van der Waals surface area (Å²) in [6.45, 7) is 1.15. The van der Waals surface area contributed by atoms with E-state index in [1.54, 1.807) is 24.3 Å². The average Bonchev–Trinajstić information content (AvgIpc) is 3.22. The quantitative estimate of drug-likeness (QED) is 0.417. The van der Waals surface area contributed by atoms with Crippen LogP contribution in [0.25, 0.3) is 11.0 Å². The molecule has 1 fully saturated rings. The maximum Gasteiger partial charge on any atom is 0.244 e. The van der Waals surface area contributed by atoms with E-state index in [0.717, 1.165) is 41.7 Å². The van der Waals surface area contributed by atoms with Gasteiger partial charge in [-0.05, 0) is 48.7 Å². The first-order valence-corrected chi connectivity index (χ1v) is 13.3. The second-order valence-electron chi connectivity index (χ2n) is 8.81. The van der Waals surface area contributed by atoms with Crippen molar-refractivity contribution in [2.75, 3.05) is 18.4 Å². The van der Waals surface area contributed by atoms with E-state index in [-0.39, 0.29) is 17.3 Å². The van der Waals surface area contributed by atoms with E-state index in [2.05, 4.69) is 5.32 Å². The lowest BCUT2D eigenvalue weighted by molar-refractivity contribution is -0.116. The number of nitrogens with one attached hydrogen (secondary N) is 1. The summed E-state index contributed by atoms with van der Waals surface area (Å²) < 4.78 is 29.5. The van der Waals surface area contributed by atoms with Gasteiger partial charge in [-0.15, -0.1) is 0 Å². The summed E-state index contributed by atoms with van der Waals surface area (Å²) in [5.41, 5.74) is 3.29. The first kappa shape index (κ1) is 23.3. The Morgan fingerprint density at radius 2 is 1.63 bits per heavy atom. The number of piperidine rings is 1. The fourth-order valence-corrected chi connectivity index (χ4v) is 6.11. The van der Waals surface area contributed by atoms with Gasteiger partial charge in [-0.2, -0.15) is 4.31 Å². The van der Waals surface area contributed by atoms with Crippen molar-refractivity contribution >= 4 is 32.7 Å². The van der Waals surface area contributed by atoms with Gasteiger partial charge in [0.2, 0.25) is 15.9 Å². The van der Waals surface area contributed by atoms with Crippen LogP contribution in [0.15, 0.2) is 83.8 Å². The molecule has 7 nitrogen and oxygen atoms in total. The molecule has 180 valence electrons. The molecule has 0 bridgehead atoms. The van der Waals surface area contributed by atoms with Gasteiger partial charge >= 0.3 is 0 Å². The predicted molar refractivity (Wildman–Crippen MR) is 137 cm³/mol. The maximum atomic E-state index is 13.1. The molecular weight excluding hydrogens is 460 g/mol. The SMILES string of the molecule is O=C(Cn1c(Cc2ccccc2)nc2ccccc21)Nc1cccc(S(=O)(=O)N2CCCCC2)c1. The van der Waals surface area contributed by atoms with E-state index in [0.29, 0.717) is 25.2 Å². The molecule has 2 heterocycles. The Morgan fingerprint density at radius 1 is 0.886 bits per heavy atom. The first-order valence-electron chi connectivity index (χ1n) is 11.9. The summed E-state index contributed by atoms with van der Waals surface area (Å²) in [6, 6.07) is 24.3. The summed E-state index contributed by atoms with van der Waals surface area (Å²) in [7, 11) is -3.57. The first-order chi connectivity index (χ1) is 17.0. The summed E-state index contributed by atoms with van der Waals surface area (Å²) in [6.07, 6.45) is 3.41. The number of hydrogen-bond acceptors (Lipinski definition) is 4. The van der Waals surface area contributed by atoms with Gasteiger partial charge in [-0.25, -0.2) is 13.4 Å². The van der Waals surface area contributed by atoms with Crippen molar-refractivity contribution in [2.24, 2.45) is 0 Å². The van der Waals surface area contributed by atoms with Gasteiger partial charge in [0.25, 0.3) is 0 Å².